The number of rotatable bonds is 1. The predicted octanol–water partition coefficient (Wildman–Crippen LogP) is 1.28. The fourth-order valence-electron chi connectivity index (χ4n) is 1.69. The first kappa shape index (κ1) is 11.8. The molecule has 0 aromatic rings. The van der Waals surface area contributed by atoms with Gasteiger partial charge in [0, 0.05) is 31.5 Å². The number of oxime groups is 1. The van der Waals surface area contributed by atoms with Gasteiger partial charge in [0.05, 0.1) is 5.71 Å². The summed E-state index contributed by atoms with van der Waals surface area (Å²) < 4.78 is 0. The van der Waals surface area contributed by atoms with Crippen LogP contribution in [0.1, 0.15) is 27.2 Å². The lowest BCUT2D eigenvalue weighted by molar-refractivity contribution is 0.187. The van der Waals surface area contributed by atoms with Crippen molar-refractivity contribution in [2.45, 2.75) is 33.2 Å². The Morgan fingerprint density at radius 1 is 1.67 bits per heavy atom. The molecular weight excluding hydrogens is 194 g/mol. The predicted molar refractivity (Wildman–Crippen MR) is 58.2 cm³/mol. The quantitative estimate of drug-likeness (QED) is 0.509. The highest BCUT2D eigenvalue weighted by Gasteiger charge is 2.25. The van der Waals surface area contributed by atoms with Crippen molar-refractivity contribution in [3.05, 3.63) is 0 Å². The monoisotopic (exact) mass is 213 g/mol. The minimum absolute atomic E-state index is 0.0335. The summed E-state index contributed by atoms with van der Waals surface area (Å²) in [6, 6.07) is 0.120. The first-order valence-electron chi connectivity index (χ1n) is 5.30. The van der Waals surface area contributed by atoms with Crippen LogP contribution in [0.4, 0.5) is 4.79 Å². The fourth-order valence-corrected chi connectivity index (χ4v) is 1.69. The molecule has 0 spiro atoms. The molecule has 2 amide bonds. The summed E-state index contributed by atoms with van der Waals surface area (Å²) in [7, 11) is 0. The molecule has 1 heterocycles. The zero-order valence-electron chi connectivity index (χ0n) is 9.53. The van der Waals surface area contributed by atoms with Crippen molar-refractivity contribution < 1.29 is 10.0 Å². The minimum atomic E-state index is -0.0335. The van der Waals surface area contributed by atoms with Gasteiger partial charge < -0.3 is 15.4 Å². The van der Waals surface area contributed by atoms with Crippen molar-refractivity contribution in [2.75, 3.05) is 13.1 Å². The first-order chi connectivity index (χ1) is 7.04. The van der Waals surface area contributed by atoms with E-state index in [0.717, 1.165) is 5.71 Å². The molecule has 0 radical (unpaired) electrons. The molecule has 0 saturated carbocycles. The number of likely N-dealkylation sites (tertiary alicyclic amines) is 1. The van der Waals surface area contributed by atoms with Crippen LogP contribution in [0.2, 0.25) is 0 Å². The van der Waals surface area contributed by atoms with E-state index in [1.54, 1.807) is 4.90 Å². The molecular formula is C10H19N3O2. The third-order valence-electron chi connectivity index (χ3n) is 2.53. The minimum Gasteiger partial charge on any atom is -0.411 e. The van der Waals surface area contributed by atoms with Crippen molar-refractivity contribution in [1.82, 2.24) is 10.2 Å². The van der Waals surface area contributed by atoms with E-state index in [2.05, 4.69) is 10.5 Å². The topological polar surface area (TPSA) is 64.9 Å². The number of carbonyl (C=O) groups is 1. The van der Waals surface area contributed by atoms with Crippen LogP contribution in [0.5, 0.6) is 0 Å². The van der Waals surface area contributed by atoms with Gasteiger partial charge in [-0.1, -0.05) is 12.1 Å². The molecule has 86 valence electrons. The van der Waals surface area contributed by atoms with Crippen LogP contribution in [0, 0.1) is 5.92 Å². The Morgan fingerprint density at radius 2 is 2.33 bits per heavy atom. The number of carbonyl (C=O) groups excluding carboxylic acids is 1. The molecule has 0 aliphatic carbocycles. The van der Waals surface area contributed by atoms with E-state index in [0.29, 0.717) is 19.5 Å². The lowest BCUT2D eigenvalue weighted by atomic mass is 9.98. The maximum atomic E-state index is 11.7. The molecule has 5 nitrogen and oxygen atoms in total. The van der Waals surface area contributed by atoms with E-state index in [1.165, 1.54) is 0 Å². The smallest absolute Gasteiger partial charge is 0.317 e. The van der Waals surface area contributed by atoms with Crippen LogP contribution in [-0.2, 0) is 0 Å². The second kappa shape index (κ2) is 5.00. The number of nitrogens with zero attached hydrogens (tertiary/aromatic N) is 2. The third kappa shape index (κ3) is 3.11. The fraction of sp³-hybridized carbons (Fsp3) is 0.800. The summed E-state index contributed by atoms with van der Waals surface area (Å²) in [5.41, 5.74) is 0.781. The van der Waals surface area contributed by atoms with Crippen LogP contribution in [0.3, 0.4) is 0 Å². The Bertz CT molecular complexity index is 263. The zero-order valence-corrected chi connectivity index (χ0v) is 9.53. The van der Waals surface area contributed by atoms with E-state index >= 15 is 0 Å². The van der Waals surface area contributed by atoms with Crippen LogP contribution in [0.15, 0.2) is 5.16 Å². The normalized spacial score (nSPS) is 24.7. The third-order valence-corrected chi connectivity index (χ3v) is 2.53. The van der Waals surface area contributed by atoms with Gasteiger partial charge in [-0.05, 0) is 13.8 Å². The molecule has 1 fully saturated rings. The van der Waals surface area contributed by atoms with Crippen LogP contribution < -0.4 is 5.32 Å². The number of hydrogen-bond donors (Lipinski definition) is 2. The highest BCUT2D eigenvalue weighted by molar-refractivity contribution is 5.88. The van der Waals surface area contributed by atoms with Gasteiger partial charge in [0.15, 0.2) is 0 Å². The van der Waals surface area contributed by atoms with E-state index in [1.807, 2.05) is 20.8 Å². The van der Waals surface area contributed by atoms with Gasteiger partial charge in [0.2, 0.25) is 0 Å². The molecule has 1 aliphatic heterocycles. The van der Waals surface area contributed by atoms with Crippen molar-refractivity contribution >= 4 is 11.7 Å². The van der Waals surface area contributed by atoms with Gasteiger partial charge in [0.1, 0.15) is 0 Å². The summed E-state index contributed by atoms with van der Waals surface area (Å²) in [6.45, 7) is 7.09. The lowest BCUT2D eigenvalue weighted by Gasteiger charge is -2.32. The molecule has 1 saturated heterocycles. The number of urea groups is 1. The summed E-state index contributed by atoms with van der Waals surface area (Å²) in [6.07, 6.45) is 0.656. The Hall–Kier alpha value is -1.26. The second-order valence-corrected chi connectivity index (χ2v) is 4.29. The van der Waals surface area contributed by atoms with E-state index in [9.17, 15) is 4.79 Å². The Balaban J connectivity index is 2.50. The summed E-state index contributed by atoms with van der Waals surface area (Å²) >= 11 is 0. The van der Waals surface area contributed by atoms with Crippen LogP contribution in [0.25, 0.3) is 0 Å². The van der Waals surface area contributed by atoms with Crippen molar-refractivity contribution in [2.24, 2.45) is 11.1 Å². The van der Waals surface area contributed by atoms with Crippen molar-refractivity contribution in [3.63, 3.8) is 0 Å². The van der Waals surface area contributed by atoms with Gasteiger partial charge in [-0.15, -0.1) is 0 Å². The standard InChI is InChI=1S/C10H19N3O2/c1-7(2)11-10(14)13-5-4-9(12-15)8(3)6-13/h7-8,15H,4-6H2,1-3H3,(H,11,14). The van der Waals surface area contributed by atoms with E-state index < -0.39 is 0 Å². The number of hydrogen-bond acceptors (Lipinski definition) is 3. The van der Waals surface area contributed by atoms with Gasteiger partial charge in [-0.3, -0.25) is 0 Å². The first-order valence-corrected chi connectivity index (χ1v) is 5.30. The van der Waals surface area contributed by atoms with Crippen LogP contribution >= 0.6 is 0 Å². The Labute approximate surface area is 90.1 Å². The van der Waals surface area contributed by atoms with E-state index in [4.69, 9.17) is 5.21 Å². The molecule has 5 heteroatoms. The molecule has 1 aliphatic rings. The average Bonchev–Trinajstić information content (AvgIpc) is 2.16. The molecule has 2 N–H and O–H groups in total. The molecule has 1 atom stereocenters. The van der Waals surface area contributed by atoms with Gasteiger partial charge in [-0.2, -0.15) is 0 Å². The SMILES string of the molecule is CC(C)NC(=O)N1CCC(=NO)C(C)C1. The highest BCUT2D eigenvalue weighted by Crippen LogP contribution is 2.13. The van der Waals surface area contributed by atoms with Crippen molar-refractivity contribution in [1.29, 1.82) is 0 Å². The van der Waals surface area contributed by atoms with Crippen LogP contribution in [-0.4, -0.2) is 41.0 Å². The zero-order chi connectivity index (χ0) is 11.4. The number of nitrogens with one attached hydrogen (secondary N) is 1. The molecule has 1 unspecified atom stereocenters. The van der Waals surface area contributed by atoms with Gasteiger partial charge in [-0.25, -0.2) is 4.79 Å². The second-order valence-electron chi connectivity index (χ2n) is 4.29. The lowest BCUT2D eigenvalue weighted by Crippen LogP contribution is -2.49. The maximum absolute atomic E-state index is 11.7. The highest BCUT2D eigenvalue weighted by atomic mass is 16.4. The molecule has 15 heavy (non-hydrogen) atoms. The molecule has 0 aromatic heterocycles. The van der Waals surface area contributed by atoms with Gasteiger partial charge in [0.25, 0.3) is 0 Å². The summed E-state index contributed by atoms with van der Waals surface area (Å²) in [5.74, 6) is 0.140. The van der Waals surface area contributed by atoms with E-state index in [-0.39, 0.29) is 18.0 Å². The van der Waals surface area contributed by atoms with Crippen molar-refractivity contribution in [3.8, 4) is 0 Å². The Kier molecular flexibility index (Phi) is 3.94. The molecule has 0 bridgehead atoms. The Morgan fingerprint density at radius 3 is 2.80 bits per heavy atom. The summed E-state index contributed by atoms with van der Waals surface area (Å²) in [5, 5.41) is 14.8. The number of piperidine rings is 1. The summed E-state index contributed by atoms with van der Waals surface area (Å²) in [4.78, 5) is 13.4. The maximum Gasteiger partial charge on any atom is 0.317 e. The largest absolute Gasteiger partial charge is 0.411 e. The van der Waals surface area contributed by atoms with Gasteiger partial charge >= 0.3 is 6.03 Å². The molecule has 1 rings (SSSR count). The molecule has 0 aromatic carbocycles. The average molecular weight is 213 g/mol. The number of amides is 2.